The summed E-state index contributed by atoms with van der Waals surface area (Å²) in [5.41, 5.74) is 1.59. The molecule has 0 spiro atoms. The van der Waals surface area contributed by atoms with Gasteiger partial charge >= 0.3 is 0 Å². The third-order valence-corrected chi connectivity index (χ3v) is 3.27. The van der Waals surface area contributed by atoms with Gasteiger partial charge in [0, 0.05) is 43.7 Å². The average Bonchev–Trinajstić information content (AvgIpc) is 2.45. The summed E-state index contributed by atoms with van der Waals surface area (Å²) in [6.07, 6.45) is 2.23. The lowest BCUT2D eigenvalue weighted by atomic mass is 10.0. The SMILES string of the molecule is CNc1cc(NCC2CCCOC2)cc([N+](=O)[O-])c1. The molecule has 0 amide bonds. The third kappa shape index (κ3) is 3.82. The second-order valence-electron chi connectivity index (χ2n) is 4.74. The number of rotatable bonds is 5. The van der Waals surface area contributed by atoms with Crippen LogP contribution in [0.4, 0.5) is 17.1 Å². The number of nitro benzene ring substituents is 1. The molecule has 6 heteroatoms. The van der Waals surface area contributed by atoms with Crippen LogP contribution in [0.1, 0.15) is 12.8 Å². The van der Waals surface area contributed by atoms with Crippen molar-refractivity contribution >= 4 is 17.1 Å². The molecule has 0 saturated carbocycles. The fraction of sp³-hybridized carbons (Fsp3) is 0.538. The van der Waals surface area contributed by atoms with Crippen molar-refractivity contribution in [2.75, 3.05) is 37.4 Å². The van der Waals surface area contributed by atoms with Gasteiger partial charge < -0.3 is 15.4 Å². The van der Waals surface area contributed by atoms with Gasteiger partial charge in [-0.1, -0.05) is 0 Å². The summed E-state index contributed by atoms with van der Waals surface area (Å²) in [7, 11) is 1.75. The van der Waals surface area contributed by atoms with Crippen molar-refractivity contribution in [3.05, 3.63) is 28.3 Å². The number of hydrogen-bond acceptors (Lipinski definition) is 5. The average molecular weight is 265 g/mol. The fourth-order valence-electron chi connectivity index (χ4n) is 2.19. The van der Waals surface area contributed by atoms with Crippen LogP contribution in [0, 0.1) is 16.0 Å². The number of nitrogens with zero attached hydrogens (tertiary/aromatic N) is 1. The van der Waals surface area contributed by atoms with E-state index in [0.29, 0.717) is 5.92 Å². The molecule has 0 aliphatic carbocycles. The van der Waals surface area contributed by atoms with E-state index in [2.05, 4.69) is 10.6 Å². The Kier molecular flexibility index (Phi) is 4.57. The lowest BCUT2D eigenvalue weighted by Crippen LogP contribution is -2.24. The maximum atomic E-state index is 10.9. The molecule has 2 rings (SSSR count). The number of hydrogen-bond donors (Lipinski definition) is 2. The van der Waals surface area contributed by atoms with Crippen molar-refractivity contribution in [3.8, 4) is 0 Å². The van der Waals surface area contributed by atoms with E-state index in [9.17, 15) is 10.1 Å². The Bertz CT molecular complexity index is 445. The zero-order valence-corrected chi connectivity index (χ0v) is 11.0. The second kappa shape index (κ2) is 6.38. The molecule has 6 nitrogen and oxygen atoms in total. The lowest BCUT2D eigenvalue weighted by molar-refractivity contribution is -0.384. The Labute approximate surface area is 112 Å². The number of anilines is 2. The summed E-state index contributed by atoms with van der Waals surface area (Å²) in [6, 6.07) is 4.95. The molecule has 1 aliphatic rings. The van der Waals surface area contributed by atoms with E-state index in [0.717, 1.165) is 44.0 Å². The molecule has 0 aromatic heterocycles. The Hall–Kier alpha value is -1.82. The lowest BCUT2D eigenvalue weighted by Gasteiger charge is -2.22. The maximum Gasteiger partial charge on any atom is 0.273 e. The van der Waals surface area contributed by atoms with Gasteiger partial charge in [-0.25, -0.2) is 0 Å². The van der Waals surface area contributed by atoms with Gasteiger partial charge in [0.2, 0.25) is 0 Å². The van der Waals surface area contributed by atoms with Crippen LogP contribution in [0.15, 0.2) is 18.2 Å². The summed E-state index contributed by atoms with van der Waals surface area (Å²) in [5.74, 6) is 0.478. The molecular formula is C13H19N3O3. The largest absolute Gasteiger partial charge is 0.388 e. The highest BCUT2D eigenvalue weighted by molar-refractivity contribution is 5.63. The molecule has 0 radical (unpaired) electrons. The van der Waals surface area contributed by atoms with E-state index in [1.807, 2.05) is 6.07 Å². The highest BCUT2D eigenvalue weighted by Gasteiger charge is 2.14. The monoisotopic (exact) mass is 265 g/mol. The third-order valence-electron chi connectivity index (χ3n) is 3.27. The van der Waals surface area contributed by atoms with Gasteiger partial charge in [-0.15, -0.1) is 0 Å². The standard InChI is InChI=1S/C13H19N3O3/c1-14-11-5-12(7-13(6-11)16(17)18)15-8-10-3-2-4-19-9-10/h5-7,10,14-15H,2-4,8-9H2,1H3. The predicted molar refractivity (Wildman–Crippen MR) is 74.7 cm³/mol. The molecule has 1 heterocycles. The van der Waals surface area contributed by atoms with Crippen LogP contribution < -0.4 is 10.6 Å². The number of non-ortho nitro benzene ring substituents is 1. The van der Waals surface area contributed by atoms with Crippen LogP contribution in [-0.4, -0.2) is 31.7 Å². The maximum absolute atomic E-state index is 10.9. The van der Waals surface area contributed by atoms with Gasteiger partial charge in [-0.05, 0) is 24.8 Å². The molecule has 1 saturated heterocycles. The van der Waals surface area contributed by atoms with Crippen LogP contribution in [0.3, 0.4) is 0 Å². The van der Waals surface area contributed by atoms with Gasteiger partial charge in [0.05, 0.1) is 11.5 Å². The summed E-state index contributed by atoms with van der Waals surface area (Å²) < 4.78 is 5.42. The smallest absolute Gasteiger partial charge is 0.273 e. The molecular weight excluding hydrogens is 246 g/mol. The normalized spacial score (nSPS) is 18.9. The number of ether oxygens (including phenoxy) is 1. The summed E-state index contributed by atoms with van der Waals surface area (Å²) in [5, 5.41) is 17.0. The van der Waals surface area contributed by atoms with Crippen molar-refractivity contribution in [2.45, 2.75) is 12.8 Å². The summed E-state index contributed by atoms with van der Waals surface area (Å²) >= 11 is 0. The molecule has 1 unspecified atom stereocenters. The molecule has 1 aliphatic heterocycles. The minimum absolute atomic E-state index is 0.0919. The van der Waals surface area contributed by atoms with E-state index in [4.69, 9.17) is 4.74 Å². The molecule has 104 valence electrons. The van der Waals surface area contributed by atoms with Crippen molar-refractivity contribution in [3.63, 3.8) is 0 Å². The first-order valence-corrected chi connectivity index (χ1v) is 6.48. The zero-order valence-electron chi connectivity index (χ0n) is 11.0. The van der Waals surface area contributed by atoms with Gasteiger partial charge in [0.1, 0.15) is 0 Å². The fourth-order valence-corrected chi connectivity index (χ4v) is 2.19. The molecule has 1 aromatic carbocycles. The quantitative estimate of drug-likeness (QED) is 0.631. The molecule has 0 bridgehead atoms. The first-order valence-electron chi connectivity index (χ1n) is 6.48. The summed E-state index contributed by atoms with van der Waals surface area (Å²) in [4.78, 5) is 10.5. The van der Waals surface area contributed by atoms with Crippen LogP contribution in [-0.2, 0) is 4.74 Å². The highest BCUT2D eigenvalue weighted by atomic mass is 16.6. The molecule has 2 N–H and O–H groups in total. The van der Waals surface area contributed by atoms with Crippen LogP contribution in [0.5, 0.6) is 0 Å². The van der Waals surface area contributed by atoms with Gasteiger partial charge in [0.25, 0.3) is 5.69 Å². The Morgan fingerprint density at radius 3 is 2.84 bits per heavy atom. The van der Waals surface area contributed by atoms with Crippen molar-refractivity contribution in [2.24, 2.45) is 5.92 Å². The summed E-state index contributed by atoms with van der Waals surface area (Å²) in [6.45, 7) is 2.39. The number of nitro groups is 1. The number of nitrogens with one attached hydrogen (secondary N) is 2. The van der Waals surface area contributed by atoms with Crippen LogP contribution in [0.25, 0.3) is 0 Å². The zero-order chi connectivity index (χ0) is 13.7. The van der Waals surface area contributed by atoms with E-state index < -0.39 is 0 Å². The van der Waals surface area contributed by atoms with Gasteiger partial charge in [-0.3, -0.25) is 10.1 Å². The number of benzene rings is 1. The molecule has 1 fully saturated rings. The van der Waals surface area contributed by atoms with Gasteiger partial charge in [0.15, 0.2) is 0 Å². The first-order chi connectivity index (χ1) is 9.19. The van der Waals surface area contributed by atoms with Crippen LogP contribution >= 0.6 is 0 Å². The Morgan fingerprint density at radius 2 is 2.21 bits per heavy atom. The first kappa shape index (κ1) is 13.6. The molecule has 19 heavy (non-hydrogen) atoms. The van der Waals surface area contributed by atoms with E-state index in [-0.39, 0.29) is 10.6 Å². The topological polar surface area (TPSA) is 76.4 Å². The van der Waals surface area contributed by atoms with Crippen molar-refractivity contribution in [1.29, 1.82) is 0 Å². The minimum Gasteiger partial charge on any atom is -0.388 e. The Balaban J connectivity index is 2.02. The molecule has 1 atom stereocenters. The van der Waals surface area contributed by atoms with Crippen molar-refractivity contribution < 1.29 is 9.66 Å². The van der Waals surface area contributed by atoms with Gasteiger partial charge in [-0.2, -0.15) is 0 Å². The van der Waals surface area contributed by atoms with E-state index in [1.54, 1.807) is 13.1 Å². The highest BCUT2D eigenvalue weighted by Crippen LogP contribution is 2.24. The second-order valence-corrected chi connectivity index (χ2v) is 4.74. The Morgan fingerprint density at radius 1 is 1.42 bits per heavy atom. The minimum atomic E-state index is -0.379. The van der Waals surface area contributed by atoms with Crippen molar-refractivity contribution in [1.82, 2.24) is 0 Å². The van der Waals surface area contributed by atoms with E-state index >= 15 is 0 Å². The predicted octanol–water partition coefficient (Wildman–Crippen LogP) is 2.48. The molecule has 1 aromatic rings. The van der Waals surface area contributed by atoms with Crippen LogP contribution in [0.2, 0.25) is 0 Å². The van der Waals surface area contributed by atoms with E-state index in [1.165, 1.54) is 6.07 Å².